The lowest BCUT2D eigenvalue weighted by Crippen LogP contribution is -2.45. The van der Waals surface area contributed by atoms with E-state index in [9.17, 15) is 4.79 Å². The number of rotatable bonds is 11. The molecule has 0 aliphatic heterocycles. The van der Waals surface area contributed by atoms with Crippen LogP contribution in [0, 0.1) is 0 Å². The van der Waals surface area contributed by atoms with Crippen LogP contribution in [0.25, 0.3) is 0 Å². The standard InChI is InChI=1S/C17H36N4O2/c1-7-18-17(19-11-9-8-10-16(22)23-6)20-12-13-21(14(2)3)15(4)5/h14-15H,7-13H2,1-6H3,(H2,18,19,20). The minimum atomic E-state index is -0.151. The lowest BCUT2D eigenvalue weighted by atomic mass is 10.2. The predicted octanol–water partition coefficient (Wildman–Crippen LogP) is 2.00. The monoisotopic (exact) mass is 328 g/mol. The number of hydrogen-bond acceptors (Lipinski definition) is 4. The molecule has 0 saturated carbocycles. The molecule has 0 heterocycles. The molecule has 0 aliphatic rings. The van der Waals surface area contributed by atoms with E-state index >= 15 is 0 Å². The Morgan fingerprint density at radius 1 is 1.13 bits per heavy atom. The molecule has 0 aromatic rings. The molecule has 0 amide bonds. The van der Waals surface area contributed by atoms with Gasteiger partial charge in [0.1, 0.15) is 0 Å². The molecule has 0 fully saturated rings. The summed E-state index contributed by atoms with van der Waals surface area (Å²) in [6.07, 6.45) is 2.16. The Hall–Kier alpha value is -1.30. The Kier molecular flexibility index (Phi) is 12.4. The van der Waals surface area contributed by atoms with E-state index < -0.39 is 0 Å². The molecule has 23 heavy (non-hydrogen) atoms. The first-order valence-corrected chi connectivity index (χ1v) is 8.77. The maximum absolute atomic E-state index is 11.0. The SMILES string of the molecule is CCNC(=NCCCCC(=O)OC)NCCN(C(C)C)C(C)C. The Balaban J connectivity index is 4.14. The van der Waals surface area contributed by atoms with Crippen LogP contribution in [-0.2, 0) is 9.53 Å². The van der Waals surface area contributed by atoms with Crippen molar-refractivity contribution >= 4 is 11.9 Å². The number of nitrogens with one attached hydrogen (secondary N) is 2. The summed E-state index contributed by atoms with van der Waals surface area (Å²) in [5.74, 6) is 0.694. The van der Waals surface area contributed by atoms with Gasteiger partial charge < -0.3 is 15.4 Å². The van der Waals surface area contributed by atoms with Crippen LogP contribution in [-0.4, -0.2) is 62.2 Å². The molecule has 2 N–H and O–H groups in total. The van der Waals surface area contributed by atoms with E-state index in [1.165, 1.54) is 7.11 Å². The summed E-state index contributed by atoms with van der Waals surface area (Å²) in [4.78, 5) is 18.0. The highest BCUT2D eigenvalue weighted by atomic mass is 16.5. The van der Waals surface area contributed by atoms with Gasteiger partial charge in [-0.25, -0.2) is 0 Å². The van der Waals surface area contributed by atoms with E-state index in [0.717, 1.165) is 38.4 Å². The average Bonchev–Trinajstić information content (AvgIpc) is 2.49. The fourth-order valence-corrected chi connectivity index (χ4v) is 2.43. The molecule has 0 atom stereocenters. The largest absolute Gasteiger partial charge is 0.469 e. The summed E-state index contributed by atoms with van der Waals surface area (Å²) in [5.41, 5.74) is 0. The molecular weight excluding hydrogens is 292 g/mol. The number of carbonyl (C=O) groups is 1. The van der Waals surface area contributed by atoms with Crippen molar-refractivity contribution in [1.29, 1.82) is 0 Å². The van der Waals surface area contributed by atoms with Gasteiger partial charge >= 0.3 is 5.97 Å². The number of ether oxygens (including phenoxy) is 1. The molecular formula is C17H36N4O2. The van der Waals surface area contributed by atoms with E-state index in [-0.39, 0.29) is 5.97 Å². The topological polar surface area (TPSA) is 66.0 Å². The van der Waals surface area contributed by atoms with Gasteiger partial charge in [0.25, 0.3) is 0 Å². The number of methoxy groups -OCH3 is 1. The number of esters is 1. The first kappa shape index (κ1) is 21.7. The first-order chi connectivity index (χ1) is 10.9. The van der Waals surface area contributed by atoms with Crippen LogP contribution >= 0.6 is 0 Å². The fraction of sp³-hybridized carbons (Fsp3) is 0.882. The van der Waals surface area contributed by atoms with Crippen molar-refractivity contribution in [2.45, 2.75) is 66.0 Å². The van der Waals surface area contributed by atoms with Gasteiger partial charge in [0.2, 0.25) is 0 Å². The average molecular weight is 329 g/mol. The van der Waals surface area contributed by atoms with Gasteiger partial charge in [0.05, 0.1) is 7.11 Å². The summed E-state index contributed by atoms with van der Waals surface area (Å²) in [6, 6.07) is 1.07. The Morgan fingerprint density at radius 2 is 1.78 bits per heavy atom. The predicted molar refractivity (Wildman–Crippen MR) is 96.8 cm³/mol. The Bertz CT molecular complexity index is 335. The van der Waals surface area contributed by atoms with Crippen LogP contribution in [0.3, 0.4) is 0 Å². The molecule has 0 saturated heterocycles. The van der Waals surface area contributed by atoms with E-state index in [1.54, 1.807) is 0 Å². The van der Waals surface area contributed by atoms with E-state index in [2.05, 4.69) is 59.9 Å². The second-order valence-corrected chi connectivity index (χ2v) is 6.15. The smallest absolute Gasteiger partial charge is 0.305 e. The normalized spacial score (nSPS) is 12.1. The van der Waals surface area contributed by atoms with E-state index in [1.807, 2.05) is 0 Å². The molecule has 0 bridgehead atoms. The van der Waals surface area contributed by atoms with Crippen molar-refractivity contribution in [3.8, 4) is 0 Å². The molecule has 0 rings (SSSR count). The van der Waals surface area contributed by atoms with Gasteiger partial charge in [0, 0.05) is 44.7 Å². The summed E-state index contributed by atoms with van der Waals surface area (Å²) in [5, 5.41) is 6.63. The van der Waals surface area contributed by atoms with E-state index in [0.29, 0.717) is 25.0 Å². The van der Waals surface area contributed by atoms with Gasteiger partial charge in [-0.1, -0.05) is 0 Å². The van der Waals surface area contributed by atoms with Crippen molar-refractivity contribution in [3.63, 3.8) is 0 Å². The van der Waals surface area contributed by atoms with Gasteiger partial charge in [0.15, 0.2) is 5.96 Å². The molecule has 136 valence electrons. The van der Waals surface area contributed by atoms with Crippen LogP contribution in [0.1, 0.15) is 53.9 Å². The summed E-state index contributed by atoms with van der Waals surface area (Å²) < 4.78 is 4.63. The highest BCUT2D eigenvalue weighted by Crippen LogP contribution is 2.03. The van der Waals surface area contributed by atoms with Crippen LogP contribution in [0.5, 0.6) is 0 Å². The number of unbranched alkanes of at least 4 members (excludes halogenated alkanes) is 1. The van der Waals surface area contributed by atoms with Crippen LogP contribution < -0.4 is 10.6 Å². The zero-order chi connectivity index (χ0) is 17.7. The van der Waals surface area contributed by atoms with Gasteiger partial charge in [-0.15, -0.1) is 0 Å². The minimum Gasteiger partial charge on any atom is -0.469 e. The second-order valence-electron chi connectivity index (χ2n) is 6.15. The first-order valence-electron chi connectivity index (χ1n) is 8.77. The van der Waals surface area contributed by atoms with Crippen molar-refractivity contribution in [1.82, 2.24) is 15.5 Å². The molecule has 6 heteroatoms. The lowest BCUT2D eigenvalue weighted by Gasteiger charge is -2.30. The maximum Gasteiger partial charge on any atom is 0.305 e. The van der Waals surface area contributed by atoms with Crippen molar-refractivity contribution in [2.75, 3.05) is 33.3 Å². The van der Waals surface area contributed by atoms with Crippen LogP contribution in [0.2, 0.25) is 0 Å². The molecule has 0 aromatic heterocycles. The zero-order valence-corrected chi connectivity index (χ0v) is 15.8. The third-order valence-electron chi connectivity index (χ3n) is 3.62. The van der Waals surface area contributed by atoms with Gasteiger partial charge in [-0.05, 0) is 47.5 Å². The third kappa shape index (κ3) is 11.0. The molecule has 6 nitrogen and oxygen atoms in total. The number of aliphatic imine (C=N–C) groups is 1. The molecule has 0 spiro atoms. The summed E-state index contributed by atoms with van der Waals surface area (Å²) in [6.45, 7) is 14.4. The van der Waals surface area contributed by atoms with Crippen molar-refractivity contribution in [3.05, 3.63) is 0 Å². The molecule has 0 aromatic carbocycles. The Labute approximate surface area is 142 Å². The lowest BCUT2D eigenvalue weighted by molar-refractivity contribution is -0.140. The molecule has 0 radical (unpaired) electrons. The maximum atomic E-state index is 11.0. The van der Waals surface area contributed by atoms with Gasteiger partial charge in [-0.3, -0.25) is 14.7 Å². The van der Waals surface area contributed by atoms with Crippen molar-refractivity contribution < 1.29 is 9.53 Å². The highest BCUT2D eigenvalue weighted by molar-refractivity contribution is 5.79. The molecule has 0 aliphatic carbocycles. The summed E-state index contributed by atoms with van der Waals surface area (Å²) >= 11 is 0. The highest BCUT2D eigenvalue weighted by Gasteiger charge is 2.12. The third-order valence-corrected chi connectivity index (χ3v) is 3.62. The quantitative estimate of drug-likeness (QED) is 0.263. The van der Waals surface area contributed by atoms with E-state index in [4.69, 9.17) is 0 Å². The minimum absolute atomic E-state index is 0.151. The van der Waals surface area contributed by atoms with Gasteiger partial charge in [-0.2, -0.15) is 0 Å². The van der Waals surface area contributed by atoms with Crippen LogP contribution in [0.4, 0.5) is 0 Å². The Morgan fingerprint density at radius 3 is 2.30 bits per heavy atom. The number of guanidine groups is 1. The number of nitrogens with zero attached hydrogens (tertiary/aromatic N) is 2. The van der Waals surface area contributed by atoms with Crippen molar-refractivity contribution in [2.24, 2.45) is 4.99 Å². The van der Waals surface area contributed by atoms with Crippen LogP contribution in [0.15, 0.2) is 4.99 Å². The second kappa shape index (κ2) is 13.2. The molecule has 0 unspecified atom stereocenters. The number of carbonyl (C=O) groups excluding carboxylic acids is 1. The zero-order valence-electron chi connectivity index (χ0n) is 15.8. The number of hydrogen-bond donors (Lipinski definition) is 2. The summed E-state index contributed by atoms with van der Waals surface area (Å²) in [7, 11) is 1.42. The fourth-order valence-electron chi connectivity index (χ4n) is 2.43.